The Morgan fingerprint density at radius 1 is 1.50 bits per heavy atom. The quantitative estimate of drug-likeness (QED) is 0.850. The molecule has 4 heteroatoms. The summed E-state index contributed by atoms with van der Waals surface area (Å²) in [6, 6.07) is 1.78. The SMILES string of the molecule is Cc1cc(Br)c(F)c(CCON)c1C. The van der Waals surface area contributed by atoms with E-state index in [0.717, 1.165) is 11.1 Å². The number of benzene rings is 1. The third-order valence-corrected chi connectivity index (χ3v) is 2.91. The predicted molar refractivity (Wildman–Crippen MR) is 57.4 cm³/mol. The van der Waals surface area contributed by atoms with Gasteiger partial charge in [0.05, 0.1) is 11.1 Å². The molecule has 0 bridgehead atoms. The number of halogens is 2. The highest BCUT2D eigenvalue weighted by Crippen LogP contribution is 2.25. The van der Waals surface area contributed by atoms with E-state index >= 15 is 0 Å². The second-order valence-corrected chi connectivity index (χ2v) is 4.07. The molecule has 0 fully saturated rings. The first-order chi connectivity index (χ1) is 6.57. The van der Waals surface area contributed by atoms with Crippen molar-refractivity contribution < 1.29 is 9.23 Å². The Hall–Kier alpha value is -0.450. The molecule has 0 aliphatic rings. The van der Waals surface area contributed by atoms with E-state index in [1.54, 1.807) is 6.07 Å². The van der Waals surface area contributed by atoms with E-state index in [1.165, 1.54) is 0 Å². The first-order valence-corrected chi connectivity index (χ1v) is 5.13. The lowest BCUT2D eigenvalue weighted by atomic mass is 10.0. The molecule has 0 spiro atoms. The molecule has 1 rings (SSSR count). The first kappa shape index (κ1) is 11.6. The molecule has 78 valence electrons. The van der Waals surface area contributed by atoms with E-state index in [2.05, 4.69) is 20.8 Å². The van der Waals surface area contributed by atoms with Crippen LogP contribution in [0.25, 0.3) is 0 Å². The molecule has 0 aliphatic heterocycles. The van der Waals surface area contributed by atoms with Crippen LogP contribution in [0.1, 0.15) is 16.7 Å². The minimum absolute atomic E-state index is 0.217. The molecular formula is C10H13BrFNO. The summed E-state index contributed by atoms with van der Waals surface area (Å²) in [5.74, 6) is 4.70. The van der Waals surface area contributed by atoms with Crippen molar-refractivity contribution in [2.24, 2.45) is 5.90 Å². The third-order valence-electron chi connectivity index (χ3n) is 2.33. The van der Waals surface area contributed by atoms with Crippen LogP contribution in [0.15, 0.2) is 10.5 Å². The molecule has 0 amide bonds. The molecule has 2 nitrogen and oxygen atoms in total. The fraction of sp³-hybridized carbons (Fsp3) is 0.400. The lowest BCUT2D eigenvalue weighted by molar-refractivity contribution is 0.140. The summed E-state index contributed by atoms with van der Waals surface area (Å²) in [7, 11) is 0. The highest BCUT2D eigenvalue weighted by Gasteiger charge is 2.11. The normalized spacial score (nSPS) is 10.6. The Balaban J connectivity index is 3.11. The van der Waals surface area contributed by atoms with Gasteiger partial charge in [-0.25, -0.2) is 10.3 Å². The van der Waals surface area contributed by atoms with Crippen molar-refractivity contribution in [3.05, 3.63) is 33.0 Å². The topological polar surface area (TPSA) is 35.2 Å². The predicted octanol–water partition coefficient (Wildman–Crippen LogP) is 2.64. The lowest BCUT2D eigenvalue weighted by Gasteiger charge is -2.11. The van der Waals surface area contributed by atoms with Crippen molar-refractivity contribution in [2.75, 3.05) is 6.61 Å². The van der Waals surface area contributed by atoms with Crippen molar-refractivity contribution in [2.45, 2.75) is 20.3 Å². The van der Waals surface area contributed by atoms with Crippen LogP contribution in [-0.2, 0) is 11.3 Å². The van der Waals surface area contributed by atoms with Gasteiger partial charge < -0.3 is 4.84 Å². The van der Waals surface area contributed by atoms with Gasteiger partial charge in [-0.3, -0.25) is 0 Å². The Morgan fingerprint density at radius 2 is 2.14 bits per heavy atom. The van der Waals surface area contributed by atoms with Crippen molar-refractivity contribution in [3.8, 4) is 0 Å². The van der Waals surface area contributed by atoms with Crippen LogP contribution in [0, 0.1) is 19.7 Å². The maximum absolute atomic E-state index is 13.6. The van der Waals surface area contributed by atoms with E-state index < -0.39 is 0 Å². The van der Waals surface area contributed by atoms with Gasteiger partial charge in [-0.2, -0.15) is 0 Å². The largest absolute Gasteiger partial charge is 0.304 e. The number of rotatable bonds is 3. The molecule has 2 N–H and O–H groups in total. The third kappa shape index (κ3) is 2.32. The number of nitrogens with two attached hydrogens (primary N) is 1. The Labute approximate surface area is 91.3 Å². The number of aryl methyl sites for hydroxylation is 1. The molecule has 1 aromatic carbocycles. The molecular weight excluding hydrogens is 249 g/mol. The van der Waals surface area contributed by atoms with Gasteiger partial charge in [0.1, 0.15) is 5.82 Å². The summed E-state index contributed by atoms with van der Waals surface area (Å²) < 4.78 is 14.1. The summed E-state index contributed by atoms with van der Waals surface area (Å²) in [5, 5.41) is 0. The summed E-state index contributed by atoms with van der Waals surface area (Å²) >= 11 is 3.18. The van der Waals surface area contributed by atoms with Gasteiger partial charge in [-0.05, 0) is 52.5 Å². The molecule has 0 saturated heterocycles. The minimum Gasteiger partial charge on any atom is -0.304 e. The van der Waals surface area contributed by atoms with Crippen LogP contribution in [0.4, 0.5) is 4.39 Å². The molecule has 0 atom stereocenters. The molecule has 14 heavy (non-hydrogen) atoms. The maximum Gasteiger partial charge on any atom is 0.140 e. The molecule has 0 saturated carbocycles. The molecule has 0 radical (unpaired) electrons. The van der Waals surface area contributed by atoms with Gasteiger partial charge in [0.15, 0.2) is 0 Å². The highest BCUT2D eigenvalue weighted by atomic mass is 79.9. The molecule has 0 heterocycles. The second kappa shape index (κ2) is 4.87. The van der Waals surface area contributed by atoms with Crippen molar-refractivity contribution in [3.63, 3.8) is 0 Å². The van der Waals surface area contributed by atoms with Crippen LogP contribution in [0.2, 0.25) is 0 Å². The standard InChI is InChI=1S/C10H13BrFNO/c1-6-5-9(11)10(12)8(7(6)2)3-4-14-13/h5H,3-4,13H2,1-2H3. The first-order valence-electron chi connectivity index (χ1n) is 4.33. The summed E-state index contributed by atoms with van der Waals surface area (Å²) in [4.78, 5) is 4.45. The average Bonchev–Trinajstić information content (AvgIpc) is 2.15. The molecule has 0 unspecified atom stereocenters. The number of hydrogen-bond acceptors (Lipinski definition) is 2. The second-order valence-electron chi connectivity index (χ2n) is 3.21. The Morgan fingerprint density at radius 3 is 2.71 bits per heavy atom. The molecule has 0 aromatic heterocycles. The summed E-state index contributed by atoms with van der Waals surface area (Å²) in [6.07, 6.45) is 0.494. The van der Waals surface area contributed by atoms with Crippen molar-refractivity contribution in [1.82, 2.24) is 0 Å². The van der Waals surface area contributed by atoms with Crippen molar-refractivity contribution in [1.29, 1.82) is 0 Å². The fourth-order valence-corrected chi connectivity index (χ4v) is 1.95. The van der Waals surface area contributed by atoms with E-state index in [0.29, 0.717) is 23.1 Å². The van der Waals surface area contributed by atoms with Gasteiger partial charge in [0, 0.05) is 6.42 Å². The van der Waals surface area contributed by atoms with Crippen molar-refractivity contribution >= 4 is 15.9 Å². The zero-order valence-corrected chi connectivity index (χ0v) is 9.82. The van der Waals surface area contributed by atoms with Gasteiger partial charge in [-0.15, -0.1) is 0 Å². The summed E-state index contributed by atoms with van der Waals surface area (Å²) in [6.45, 7) is 4.18. The zero-order chi connectivity index (χ0) is 10.7. The van der Waals surface area contributed by atoms with E-state index in [4.69, 9.17) is 5.90 Å². The van der Waals surface area contributed by atoms with Crippen LogP contribution in [-0.4, -0.2) is 6.61 Å². The Bertz CT molecular complexity index is 315. The zero-order valence-electron chi connectivity index (χ0n) is 8.23. The molecule has 0 aliphatic carbocycles. The smallest absolute Gasteiger partial charge is 0.140 e. The van der Waals surface area contributed by atoms with E-state index in [-0.39, 0.29) is 5.82 Å². The number of hydrogen-bond donors (Lipinski definition) is 1. The monoisotopic (exact) mass is 261 g/mol. The van der Waals surface area contributed by atoms with Crippen LogP contribution in [0.3, 0.4) is 0 Å². The van der Waals surface area contributed by atoms with Gasteiger partial charge in [0.25, 0.3) is 0 Å². The average molecular weight is 262 g/mol. The highest BCUT2D eigenvalue weighted by molar-refractivity contribution is 9.10. The van der Waals surface area contributed by atoms with Gasteiger partial charge in [0.2, 0.25) is 0 Å². The lowest BCUT2D eigenvalue weighted by Crippen LogP contribution is -2.07. The van der Waals surface area contributed by atoms with E-state index in [9.17, 15) is 4.39 Å². The van der Waals surface area contributed by atoms with Crippen LogP contribution < -0.4 is 5.90 Å². The minimum atomic E-state index is -0.217. The molecule has 1 aromatic rings. The van der Waals surface area contributed by atoms with Gasteiger partial charge in [-0.1, -0.05) is 0 Å². The van der Waals surface area contributed by atoms with Crippen LogP contribution >= 0.6 is 15.9 Å². The van der Waals surface area contributed by atoms with Crippen LogP contribution in [0.5, 0.6) is 0 Å². The summed E-state index contributed by atoms with van der Waals surface area (Å²) in [5.41, 5.74) is 2.69. The maximum atomic E-state index is 13.6. The van der Waals surface area contributed by atoms with Gasteiger partial charge >= 0.3 is 0 Å². The Kier molecular flexibility index (Phi) is 4.04. The fourth-order valence-electron chi connectivity index (χ4n) is 1.37. The van der Waals surface area contributed by atoms with E-state index in [1.807, 2.05) is 13.8 Å².